The molecule has 1 unspecified atom stereocenters. The summed E-state index contributed by atoms with van der Waals surface area (Å²) in [5.74, 6) is 1.13. The highest BCUT2D eigenvalue weighted by Crippen LogP contribution is 2.28. The fourth-order valence-corrected chi connectivity index (χ4v) is 2.10. The zero-order valence-corrected chi connectivity index (χ0v) is 11.6. The summed E-state index contributed by atoms with van der Waals surface area (Å²) in [6.45, 7) is 4.01. The van der Waals surface area contributed by atoms with Gasteiger partial charge < -0.3 is 9.73 Å². The van der Waals surface area contributed by atoms with Crippen LogP contribution < -0.4 is 5.32 Å². The maximum atomic E-state index is 5.63. The number of hydrogen-bond acceptors (Lipinski definition) is 4. The van der Waals surface area contributed by atoms with Crippen LogP contribution in [0.4, 0.5) is 0 Å². The van der Waals surface area contributed by atoms with Gasteiger partial charge in [-0.05, 0) is 54.5 Å². The summed E-state index contributed by atoms with van der Waals surface area (Å²) >= 11 is 3.50. The number of nitrogens with one attached hydrogen (secondary N) is 1. The molecule has 17 heavy (non-hydrogen) atoms. The summed E-state index contributed by atoms with van der Waals surface area (Å²) in [5, 5.41) is 11.1. The van der Waals surface area contributed by atoms with E-state index in [0.717, 1.165) is 10.0 Å². The first kappa shape index (κ1) is 12.3. The minimum atomic E-state index is 0.0560. The average Bonchev–Trinajstić information content (AvgIpc) is 2.77. The molecule has 0 aliphatic carbocycles. The van der Waals surface area contributed by atoms with Crippen molar-refractivity contribution in [3.05, 3.63) is 34.1 Å². The molecule has 1 heterocycles. The van der Waals surface area contributed by atoms with Gasteiger partial charge in [-0.3, -0.25) is 0 Å². The van der Waals surface area contributed by atoms with E-state index in [1.165, 1.54) is 5.56 Å². The van der Waals surface area contributed by atoms with Crippen molar-refractivity contribution in [2.24, 2.45) is 0 Å². The Balaban J connectivity index is 2.37. The second-order valence-corrected chi connectivity index (χ2v) is 4.79. The summed E-state index contributed by atoms with van der Waals surface area (Å²) in [6.07, 6.45) is 0. The van der Waals surface area contributed by atoms with Crippen molar-refractivity contribution in [1.82, 2.24) is 15.5 Å². The Bertz CT molecular complexity index is 524. The molecule has 0 radical (unpaired) electrons. The summed E-state index contributed by atoms with van der Waals surface area (Å²) in [4.78, 5) is 0. The van der Waals surface area contributed by atoms with E-state index in [1.807, 2.05) is 39.1 Å². The van der Waals surface area contributed by atoms with Crippen molar-refractivity contribution in [3.8, 4) is 11.5 Å². The van der Waals surface area contributed by atoms with E-state index < -0.39 is 0 Å². The topological polar surface area (TPSA) is 51.0 Å². The number of rotatable bonds is 3. The molecule has 2 rings (SSSR count). The first-order valence-corrected chi connectivity index (χ1v) is 6.18. The minimum absolute atomic E-state index is 0.0560. The second-order valence-electron chi connectivity index (χ2n) is 3.94. The Morgan fingerprint density at radius 1 is 1.35 bits per heavy atom. The van der Waals surface area contributed by atoms with E-state index >= 15 is 0 Å². The molecule has 0 fully saturated rings. The van der Waals surface area contributed by atoms with E-state index in [1.54, 1.807) is 0 Å². The monoisotopic (exact) mass is 295 g/mol. The van der Waals surface area contributed by atoms with Gasteiger partial charge in [-0.25, -0.2) is 0 Å². The minimum Gasteiger partial charge on any atom is -0.419 e. The number of aryl methyl sites for hydroxylation is 1. The van der Waals surface area contributed by atoms with Crippen LogP contribution in [0, 0.1) is 6.92 Å². The molecule has 5 heteroatoms. The molecule has 1 aromatic carbocycles. The van der Waals surface area contributed by atoms with Crippen LogP contribution >= 0.6 is 15.9 Å². The lowest BCUT2D eigenvalue weighted by molar-refractivity contribution is 0.441. The molecule has 0 aliphatic heterocycles. The highest BCUT2D eigenvalue weighted by atomic mass is 79.9. The van der Waals surface area contributed by atoms with Crippen LogP contribution in [0.3, 0.4) is 0 Å². The standard InChI is InChI=1S/C12H14BrN3O/c1-7-4-5-9(10(13)6-7)12-16-15-11(17-12)8(2)14-3/h4-6,8,14H,1-3H3. The van der Waals surface area contributed by atoms with Crippen molar-refractivity contribution in [2.75, 3.05) is 7.05 Å². The van der Waals surface area contributed by atoms with Crippen molar-refractivity contribution in [1.29, 1.82) is 0 Å². The zero-order valence-electron chi connectivity index (χ0n) is 9.99. The van der Waals surface area contributed by atoms with Crippen LogP contribution in [0.2, 0.25) is 0 Å². The Morgan fingerprint density at radius 3 is 2.76 bits per heavy atom. The quantitative estimate of drug-likeness (QED) is 0.945. The summed E-state index contributed by atoms with van der Waals surface area (Å²) < 4.78 is 6.59. The molecule has 0 bridgehead atoms. The number of halogens is 1. The highest BCUT2D eigenvalue weighted by molar-refractivity contribution is 9.10. The molecule has 0 aliphatic rings. The Hall–Kier alpha value is -1.20. The summed E-state index contributed by atoms with van der Waals surface area (Å²) in [7, 11) is 1.86. The van der Waals surface area contributed by atoms with E-state index in [9.17, 15) is 0 Å². The largest absolute Gasteiger partial charge is 0.419 e. The molecule has 2 aromatic rings. The summed E-state index contributed by atoms with van der Waals surface area (Å²) in [6, 6.07) is 6.08. The smallest absolute Gasteiger partial charge is 0.248 e. The van der Waals surface area contributed by atoms with Crippen molar-refractivity contribution < 1.29 is 4.42 Å². The molecular formula is C12H14BrN3O. The van der Waals surface area contributed by atoms with Gasteiger partial charge in [-0.15, -0.1) is 10.2 Å². The second kappa shape index (κ2) is 4.98. The average molecular weight is 296 g/mol. The fraction of sp³-hybridized carbons (Fsp3) is 0.333. The molecule has 90 valence electrons. The van der Waals surface area contributed by atoms with Crippen LogP contribution in [-0.2, 0) is 0 Å². The SMILES string of the molecule is CNC(C)c1nnc(-c2ccc(C)cc2Br)o1. The van der Waals surface area contributed by atoms with Gasteiger partial charge in [0.1, 0.15) is 0 Å². The normalized spacial score (nSPS) is 12.7. The first-order chi connectivity index (χ1) is 8.11. The van der Waals surface area contributed by atoms with Crippen LogP contribution in [0.15, 0.2) is 27.1 Å². The van der Waals surface area contributed by atoms with E-state index in [4.69, 9.17) is 4.42 Å². The molecule has 0 spiro atoms. The molecule has 0 saturated heterocycles. The lowest BCUT2D eigenvalue weighted by Gasteiger charge is -2.03. The molecule has 1 atom stereocenters. The molecule has 1 aromatic heterocycles. The van der Waals surface area contributed by atoms with Gasteiger partial charge in [0, 0.05) is 4.47 Å². The van der Waals surface area contributed by atoms with Crippen LogP contribution in [0.5, 0.6) is 0 Å². The van der Waals surface area contributed by atoms with E-state index in [-0.39, 0.29) is 6.04 Å². The number of benzene rings is 1. The number of hydrogen-bond donors (Lipinski definition) is 1. The Labute approximate surface area is 109 Å². The van der Waals surface area contributed by atoms with Gasteiger partial charge >= 0.3 is 0 Å². The van der Waals surface area contributed by atoms with Gasteiger partial charge in [0.25, 0.3) is 0 Å². The van der Waals surface area contributed by atoms with E-state index in [2.05, 4.69) is 31.4 Å². The number of nitrogens with zero attached hydrogens (tertiary/aromatic N) is 2. The van der Waals surface area contributed by atoms with Crippen molar-refractivity contribution >= 4 is 15.9 Å². The van der Waals surface area contributed by atoms with Gasteiger partial charge in [0.05, 0.1) is 11.6 Å². The van der Waals surface area contributed by atoms with Gasteiger partial charge in [-0.1, -0.05) is 6.07 Å². The fourth-order valence-electron chi connectivity index (χ4n) is 1.44. The summed E-state index contributed by atoms with van der Waals surface area (Å²) in [5.41, 5.74) is 2.10. The lowest BCUT2D eigenvalue weighted by atomic mass is 10.1. The third kappa shape index (κ3) is 2.56. The third-order valence-corrected chi connectivity index (χ3v) is 3.26. The molecule has 1 N–H and O–H groups in total. The molecule has 0 amide bonds. The highest BCUT2D eigenvalue weighted by Gasteiger charge is 2.14. The Morgan fingerprint density at radius 2 is 2.12 bits per heavy atom. The molecule has 4 nitrogen and oxygen atoms in total. The van der Waals surface area contributed by atoms with Crippen LogP contribution in [0.25, 0.3) is 11.5 Å². The van der Waals surface area contributed by atoms with Crippen LogP contribution in [-0.4, -0.2) is 17.2 Å². The van der Waals surface area contributed by atoms with Crippen molar-refractivity contribution in [2.45, 2.75) is 19.9 Å². The third-order valence-electron chi connectivity index (χ3n) is 2.60. The van der Waals surface area contributed by atoms with Gasteiger partial charge in [0.15, 0.2) is 0 Å². The predicted octanol–water partition coefficient (Wildman–Crippen LogP) is 3.09. The number of aromatic nitrogens is 2. The maximum absolute atomic E-state index is 5.63. The molecule has 0 saturated carbocycles. The zero-order chi connectivity index (χ0) is 12.4. The lowest BCUT2D eigenvalue weighted by Crippen LogP contribution is -2.12. The Kier molecular flexibility index (Phi) is 3.59. The molecular weight excluding hydrogens is 282 g/mol. The van der Waals surface area contributed by atoms with E-state index in [0.29, 0.717) is 11.8 Å². The van der Waals surface area contributed by atoms with Crippen LogP contribution in [0.1, 0.15) is 24.4 Å². The first-order valence-electron chi connectivity index (χ1n) is 5.39. The predicted molar refractivity (Wildman–Crippen MR) is 69.6 cm³/mol. The van der Waals surface area contributed by atoms with Crippen molar-refractivity contribution in [3.63, 3.8) is 0 Å². The van der Waals surface area contributed by atoms with Gasteiger partial charge in [0.2, 0.25) is 11.8 Å². The van der Waals surface area contributed by atoms with Gasteiger partial charge in [-0.2, -0.15) is 0 Å². The maximum Gasteiger partial charge on any atom is 0.248 e.